The Balaban J connectivity index is 1.53. The summed E-state index contributed by atoms with van der Waals surface area (Å²) in [7, 11) is 0. The maximum Gasteiger partial charge on any atom is 0.435 e. The molecule has 0 bridgehead atoms. The predicted molar refractivity (Wildman–Crippen MR) is 181 cm³/mol. The summed E-state index contributed by atoms with van der Waals surface area (Å²) in [4.78, 5) is 48.1. The molecule has 4 N–H and O–H groups in total. The lowest BCUT2D eigenvalue weighted by Crippen LogP contribution is -2.35. The number of hydrogen-bond acceptors (Lipinski definition) is 6. The maximum atomic E-state index is 15.5. The molecule has 1 amide bonds. The van der Waals surface area contributed by atoms with E-state index in [1.54, 1.807) is 0 Å². The lowest BCUT2D eigenvalue weighted by molar-refractivity contribution is -0.143. The van der Waals surface area contributed by atoms with E-state index in [2.05, 4.69) is 37.2 Å². The van der Waals surface area contributed by atoms with Crippen molar-refractivity contribution in [1.82, 2.24) is 30.0 Å². The molecular formula is C37H31F7N6O4. The molecule has 3 heterocycles. The van der Waals surface area contributed by atoms with Gasteiger partial charge >= 0.3 is 11.9 Å². The topological polar surface area (TPSA) is 146 Å². The molecule has 5 aromatic rings. The van der Waals surface area contributed by atoms with Crippen LogP contribution in [0.5, 0.6) is 0 Å². The normalized spacial score (nSPS) is 17.2. The summed E-state index contributed by atoms with van der Waals surface area (Å²) in [6, 6.07) is 8.45. The zero-order valence-corrected chi connectivity index (χ0v) is 28.9. The molecule has 0 spiro atoms. The molecule has 54 heavy (non-hydrogen) atoms. The Kier molecular flexibility index (Phi) is 9.55. The maximum absolute atomic E-state index is 15.5. The van der Waals surface area contributed by atoms with Crippen molar-refractivity contribution in [3.05, 3.63) is 115 Å². The van der Waals surface area contributed by atoms with Crippen LogP contribution in [0, 0.1) is 29.4 Å². The van der Waals surface area contributed by atoms with Gasteiger partial charge in [-0.1, -0.05) is 31.9 Å². The van der Waals surface area contributed by atoms with Gasteiger partial charge in [0.05, 0.1) is 22.6 Å². The van der Waals surface area contributed by atoms with Crippen molar-refractivity contribution >= 4 is 16.8 Å². The third-order valence-electron chi connectivity index (χ3n) is 9.16. The zero-order valence-electron chi connectivity index (χ0n) is 28.9. The van der Waals surface area contributed by atoms with E-state index in [4.69, 9.17) is 0 Å². The van der Waals surface area contributed by atoms with Crippen LogP contribution >= 0.6 is 0 Å². The number of benzene rings is 2. The molecule has 2 aromatic carbocycles. The van der Waals surface area contributed by atoms with Crippen LogP contribution in [0.15, 0.2) is 58.1 Å². The quantitative estimate of drug-likeness (QED) is 0.121. The third kappa shape index (κ3) is 7.38. The Morgan fingerprint density at radius 1 is 1.04 bits per heavy atom. The highest BCUT2D eigenvalue weighted by Gasteiger charge is 2.57. The molecule has 0 saturated carbocycles. The molecule has 1 aliphatic carbocycles. The first-order valence-electron chi connectivity index (χ1n) is 16.5. The Labute approximate surface area is 301 Å². The second-order valence-electron chi connectivity index (χ2n) is 13.6. The van der Waals surface area contributed by atoms with Crippen LogP contribution < -0.4 is 16.6 Å². The minimum absolute atomic E-state index is 0.0187. The molecule has 10 nitrogen and oxygen atoms in total. The van der Waals surface area contributed by atoms with Crippen molar-refractivity contribution in [2.24, 2.45) is 5.92 Å². The van der Waals surface area contributed by atoms with E-state index in [1.165, 1.54) is 51.1 Å². The van der Waals surface area contributed by atoms with Crippen LogP contribution in [-0.2, 0) is 29.9 Å². The van der Waals surface area contributed by atoms with Crippen LogP contribution in [0.4, 0.5) is 30.7 Å². The standard InChI is InChI=1S/C37H31F7N6O4/c1-17-18(2)36(40,41)32-28(17)31(37(42,43)44)49-50(32)16-27(51)46-26(14-19-12-20(38)15-21(39)13-19)30-24(9-8-22(45-30)10-11-35(3,4)54)23-6-5-7-25-29(23)47-34(53)48-33(25)52/h5-9,12-13,15,17-18,26,54H,14,16H2,1-4H3,(H,46,51)(H2,47,48,52,53)/t17-,18+,26-/m0/s1. The van der Waals surface area contributed by atoms with Crippen LogP contribution in [0.3, 0.4) is 0 Å². The number of fused-ring (bicyclic) bond motifs is 2. The zero-order chi connectivity index (χ0) is 39.5. The van der Waals surface area contributed by atoms with E-state index in [0.717, 1.165) is 19.1 Å². The summed E-state index contributed by atoms with van der Waals surface area (Å²) in [6.45, 7) is 4.00. The summed E-state index contributed by atoms with van der Waals surface area (Å²) < 4.78 is 102. The molecule has 0 unspecified atom stereocenters. The monoisotopic (exact) mass is 756 g/mol. The highest BCUT2D eigenvalue weighted by atomic mass is 19.4. The van der Waals surface area contributed by atoms with E-state index in [0.29, 0.717) is 10.7 Å². The minimum Gasteiger partial charge on any atom is -0.378 e. The molecule has 0 radical (unpaired) electrons. The molecule has 3 aromatic heterocycles. The lowest BCUT2D eigenvalue weighted by atomic mass is 9.93. The molecule has 3 atom stereocenters. The fourth-order valence-electron chi connectivity index (χ4n) is 6.59. The number of hydrogen-bond donors (Lipinski definition) is 4. The number of rotatable bonds is 7. The first kappa shape index (κ1) is 38.0. The molecule has 6 rings (SSSR count). The van der Waals surface area contributed by atoms with Gasteiger partial charge in [0.2, 0.25) is 5.91 Å². The number of carbonyl (C=O) groups excluding carboxylic acids is 1. The molecule has 0 fully saturated rings. The van der Waals surface area contributed by atoms with Gasteiger partial charge in [-0.05, 0) is 68.0 Å². The van der Waals surface area contributed by atoms with Gasteiger partial charge in [0.25, 0.3) is 11.5 Å². The lowest BCUT2D eigenvalue weighted by Gasteiger charge is -2.23. The van der Waals surface area contributed by atoms with E-state index >= 15 is 8.78 Å². The number of aromatic amines is 2. The summed E-state index contributed by atoms with van der Waals surface area (Å²) >= 11 is 0. The number of H-pyrrole nitrogens is 2. The van der Waals surface area contributed by atoms with Crippen molar-refractivity contribution in [2.75, 3.05) is 0 Å². The number of carbonyl (C=O) groups is 1. The first-order chi connectivity index (χ1) is 25.1. The first-order valence-corrected chi connectivity index (χ1v) is 16.5. The number of para-hydroxylation sites is 1. The number of amides is 1. The van der Waals surface area contributed by atoms with Crippen LogP contribution in [0.2, 0.25) is 0 Å². The third-order valence-corrected chi connectivity index (χ3v) is 9.16. The summed E-state index contributed by atoms with van der Waals surface area (Å²) in [5.41, 5.74) is -6.06. The summed E-state index contributed by atoms with van der Waals surface area (Å²) in [5.74, 6) is -4.38. The largest absolute Gasteiger partial charge is 0.435 e. The van der Waals surface area contributed by atoms with Crippen LogP contribution in [0.25, 0.3) is 22.0 Å². The number of alkyl halides is 5. The predicted octanol–water partition coefficient (Wildman–Crippen LogP) is 5.84. The number of nitrogens with zero attached hydrogens (tertiary/aromatic N) is 3. The van der Waals surface area contributed by atoms with Gasteiger partial charge in [-0.15, -0.1) is 0 Å². The molecule has 0 saturated heterocycles. The molecule has 282 valence electrons. The molecule has 1 aliphatic rings. The second kappa shape index (κ2) is 13.6. The summed E-state index contributed by atoms with van der Waals surface area (Å²) in [5, 5.41) is 16.3. The van der Waals surface area contributed by atoms with Gasteiger partial charge < -0.3 is 15.4 Å². The smallest absolute Gasteiger partial charge is 0.378 e. The van der Waals surface area contributed by atoms with Crippen molar-refractivity contribution in [2.45, 2.75) is 70.3 Å². The van der Waals surface area contributed by atoms with Crippen molar-refractivity contribution in [3.8, 4) is 23.0 Å². The second-order valence-corrected chi connectivity index (χ2v) is 13.6. The van der Waals surface area contributed by atoms with E-state index in [1.807, 2.05) is 0 Å². The van der Waals surface area contributed by atoms with Gasteiger partial charge in [0.15, 0.2) is 5.69 Å². The van der Waals surface area contributed by atoms with Gasteiger partial charge in [-0.25, -0.2) is 18.6 Å². The Morgan fingerprint density at radius 2 is 1.72 bits per heavy atom. The van der Waals surface area contributed by atoms with E-state index in [9.17, 15) is 41.4 Å². The Morgan fingerprint density at radius 3 is 2.37 bits per heavy atom. The van der Waals surface area contributed by atoms with Crippen molar-refractivity contribution < 1.29 is 40.6 Å². The number of aromatic nitrogens is 5. The highest BCUT2D eigenvalue weighted by Crippen LogP contribution is 2.55. The number of halogens is 7. The van der Waals surface area contributed by atoms with E-state index < -0.39 is 94.3 Å². The van der Waals surface area contributed by atoms with E-state index in [-0.39, 0.29) is 39.0 Å². The van der Waals surface area contributed by atoms with Crippen molar-refractivity contribution in [3.63, 3.8) is 0 Å². The van der Waals surface area contributed by atoms with Gasteiger partial charge in [-0.3, -0.25) is 19.3 Å². The average molecular weight is 757 g/mol. The minimum atomic E-state index is -5.12. The van der Waals surface area contributed by atoms with Gasteiger partial charge in [0, 0.05) is 28.7 Å². The number of pyridine rings is 1. The van der Waals surface area contributed by atoms with Gasteiger partial charge in [0.1, 0.15) is 35.2 Å². The SMILES string of the molecule is C[C@@H]1c2c(C(F)(F)F)nn(CC(=O)N[C@@H](Cc3cc(F)cc(F)c3)c3nc(C#CC(C)(C)O)ccc3-c3cccc4c(=O)[nH]c(=O)[nH]c34)c2C(F)(F)[C@@H]1C. The molecule has 17 heteroatoms. The van der Waals surface area contributed by atoms with Crippen LogP contribution in [0.1, 0.15) is 73.6 Å². The average Bonchev–Trinajstić information content (AvgIpc) is 3.53. The Bertz CT molecular complexity index is 2470. The number of aliphatic hydroxyl groups is 1. The van der Waals surface area contributed by atoms with Crippen LogP contribution in [-0.4, -0.2) is 41.3 Å². The highest BCUT2D eigenvalue weighted by molar-refractivity contribution is 5.93. The number of nitrogens with one attached hydrogen (secondary N) is 3. The Hall–Kier alpha value is -5.76. The van der Waals surface area contributed by atoms with Crippen molar-refractivity contribution in [1.29, 1.82) is 0 Å². The molecular weight excluding hydrogens is 725 g/mol. The fraction of sp³-hybridized carbons (Fsp3) is 0.324. The van der Waals surface area contributed by atoms with Gasteiger partial charge in [-0.2, -0.15) is 27.1 Å². The molecule has 0 aliphatic heterocycles. The fourth-order valence-corrected chi connectivity index (χ4v) is 6.59. The summed E-state index contributed by atoms with van der Waals surface area (Å²) in [6.07, 6.45) is -5.53.